The van der Waals surface area contributed by atoms with Gasteiger partial charge in [0.1, 0.15) is 10.7 Å². The number of halogens is 1. The van der Waals surface area contributed by atoms with Crippen LogP contribution in [0.3, 0.4) is 0 Å². The van der Waals surface area contributed by atoms with E-state index in [2.05, 4.69) is 9.88 Å². The van der Waals surface area contributed by atoms with Gasteiger partial charge in [0, 0.05) is 6.07 Å². The Morgan fingerprint density at radius 2 is 2.10 bits per heavy atom. The van der Waals surface area contributed by atoms with Crippen molar-refractivity contribution in [3.05, 3.63) is 47.1 Å². The Bertz CT molecular complexity index is 710. The van der Waals surface area contributed by atoms with Crippen LogP contribution in [0.4, 0.5) is 4.39 Å². The standard InChI is InChI=1S/C13H15FN2O3S/c1-3-10-7-11(19-16-10)8-15-20(17,18)13-6-9(2)4-5-12(13)14/h4-7,15H,3,8H2,1-2H3. The van der Waals surface area contributed by atoms with Gasteiger partial charge in [0.15, 0.2) is 5.76 Å². The van der Waals surface area contributed by atoms with Crippen LogP contribution < -0.4 is 4.72 Å². The van der Waals surface area contributed by atoms with E-state index in [1.807, 2.05) is 6.92 Å². The number of aryl methyl sites for hydroxylation is 2. The molecule has 0 aliphatic heterocycles. The Balaban J connectivity index is 2.17. The molecule has 0 radical (unpaired) electrons. The molecular weight excluding hydrogens is 283 g/mol. The van der Waals surface area contributed by atoms with Crippen LogP contribution in [-0.4, -0.2) is 13.6 Å². The van der Waals surface area contributed by atoms with Gasteiger partial charge in [-0.3, -0.25) is 0 Å². The molecule has 0 spiro atoms. The second kappa shape index (κ2) is 5.72. The Morgan fingerprint density at radius 3 is 2.75 bits per heavy atom. The highest BCUT2D eigenvalue weighted by molar-refractivity contribution is 7.89. The molecule has 108 valence electrons. The van der Waals surface area contributed by atoms with Crippen LogP contribution in [-0.2, 0) is 23.0 Å². The van der Waals surface area contributed by atoms with Crippen LogP contribution >= 0.6 is 0 Å². The molecule has 0 atom stereocenters. The summed E-state index contributed by atoms with van der Waals surface area (Å²) in [6.45, 7) is 3.54. The first-order valence-corrected chi connectivity index (χ1v) is 7.61. The molecule has 2 rings (SSSR count). The van der Waals surface area contributed by atoms with Crippen molar-refractivity contribution in [1.82, 2.24) is 9.88 Å². The molecule has 0 fully saturated rings. The van der Waals surface area contributed by atoms with Gasteiger partial charge in [0.05, 0.1) is 12.2 Å². The zero-order valence-electron chi connectivity index (χ0n) is 11.2. The number of benzene rings is 1. The van der Waals surface area contributed by atoms with Crippen LogP contribution in [0, 0.1) is 12.7 Å². The molecule has 0 saturated heterocycles. The first-order chi connectivity index (χ1) is 9.42. The van der Waals surface area contributed by atoms with Gasteiger partial charge in [0.25, 0.3) is 0 Å². The fraction of sp³-hybridized carbons (Fsp3) is 0.308. The minimum atomic E-state index is -3.92. The van der Waals surface area contributed by atoms with Crippen LogP contribution in [0.25, 0.3) is 0 Å². The third kappa shape index (κ3) is 3.23. The Hall–Kier alpha value is -1.73. The van der Waals surface area contributed by atoms with Crippen molar-refractivity contribution in [2.75, 3.05) is 0 Å². The first kappa shape index (κ1) is 14.7. The van der Waals surface area contributed by atoms with E-state index in [1.54, 1.807) is 13.0 Å². The lowest BCUT2D eigenvalue weighted by Gasteiger charge is -2.07. The third-order valence-electron chi connectivity index (χ3n) is 2.78. The maximum Gasteiger partial charge on any atom is 0.243 e. The SMILES string of the molecule is CCc1cc(CNS(=O)(=O)c2cc(C)ccc2F)on1. The molecule has 5 nitrogen and oxygen atoms in total. The van der Waals surface area contributed by atoms with E-state index in [4.69, 9.17) is 4.52 Å². The van der Waals surface area contributed by atoms with Crippen molar-refractivity contribution in [3.63, 3.8) is 0 Å². The molecule has 0 amide bonds. The summed E-state index contributed by atoms with van der Waals surface area (Å²) in [6, 6.07) is 5.59. The number of hydrogen-bond donors (Lipinski definition) is 1. The van der Waals surface area contributed by atoms with Gasteiger partial charge in [-0.2, -0.15) is 0 Å². The zero-order chi connectivity index (χ0) is 14.8. The van der Waals surface area contributed by atoms with Gasteiger partial charge < -0.3 is 4.52 Å². The van der Waals surface area contributed by atoms with Gasteiger partial charge in [-0.1, -0.05) is 18.1 Å². The highest BCUT2D eigenvalue weighted by atomic mass is 32.2. The molecule has 1 aromatic carbocycles. The average molecular weight is 298 g/mol. The molecular formula is C13H15FN2O3S. The van der Waals surface area contributed by atoms with Crippen molar-refractivity contribution >= 4 is 10.0 Å². The number of hydrogen-bond acceptors (Lipinski definition) is 4. The molecule has 0 aliphatic rings. The predicted molar refractivity (Wildman–Crippen MR) is 71.0 cm³/mol. The lowest BCUT2D eigenvalue weighted by atomic mass is 10.2. The summed E-state index contributed by atoms with van der Waals surface area (Å²) in [4.78, 5) is -0.368. The largest absolute Gasteiger partial charge is 0.360 e. The smallest absolute Gasteiger partial charge is 0.243 e. The summed E-state index contributed by atoms with van der Waals surface area (Å²) in [5.41, 5.74) is 1.40. The summed E-state index contributed by atoms with van der Waals surface area (Å²) in [5.74, 6) is -0.395. The van der Waals surface area contributed by atoms with Gasteiger partial charge in [-0.25, -0.2) is 17.5 Å². The van der Waals surface area contributed by atoms with Crippen molar-refractivity contribution in [1.29, 1.82) is 0 Å². The van der Waals surface area contributed by atoms with Crippen LogP contribution in [0.15, 0.2) is 33.7 Å². The topological polar surface area (TPSA) is 72.2 Å². The molecule has 1 aromatic heterocycles. The lowest BCUT2D eigenvalue weighted by molar-refractivity contribution is 0.375. The van der Waals surface area contributed by atoms with Crippen LogP contribution in [0.1, 0.15) is 23.9 Å². The second-order valence-corrected chi connectivity index (χ2v) is 6.13. The number of nitrogens with zero attached hydrogens (tertiary/aromatic N) is 1. The van der Waals surface area contributed by atoms with Crippen LogP contribution in [0.2, 0.25) is 0 Å². The maximum absolute atomic E-state index is 13.6. The normalized spacial score (nSPS) is 11.8. The summed E-state index contributed by atoms with van der Waals surface area (Å²) in [7, 11) is -3.92. The van der Waals surface area contributed by atoms with Crippen molar-refractivity contribution in [3.8, 4) is 0 Å². The van der Waals surface area contributed by atoms with Gasteiger partial charge in [0.2, 0.25) is 10.0 Å². The lowest BCUT2D eigenvalue weighted by Crippen LogP contribution is -2.24. The molecule has 2 aromatic rings. The van der Waals surface area contributed by atoms with E-state index in [0.29, 0.717) is 17.7 Å². The van der Waals surface area contributed by atoms with E-state index in [9.17, 15) is 12.8 Å². The Kier molecular flexibility index (Phi) is 4.20. The highest BCUT2D eigenvalue weighted by Crippen LogP contribution is 2.16. The minimum Gasteiger partial charge on any atom is -0.360 e. The van der Waals surface area contributed by atoms with E-state index >= 15 is 0 Å². The number of sulfonamides is 1. The first-order valence-electron chi connectivity index (χ1n) is 6.12. The van der Waals surface area contributed by atoms with Crippen molar-refractivity contribution < 1.29 is 17.3 Å². The van der Waals surface area contributed by atoms with E-state index in [1.165, 1.54) is 12.1 Å². The monoisotopic (exact) mass is 298 g/mol. The quantitative estimate of drug-likeness (QED) is 0.918. The molecule has 1 N–H and O–H groups in total. The fourth-order valence-corrected chi connectivity index (χ4v) is 2.82. The van der Waals surface area contributed by atoms with Crippen molar-refractivity contribution in [2.45, 2.75) is 31.7 Å². The fourth-order valence-electron chi connectivity index (χ4n) is 1.67. The zero-order valence-corrected chi connectivity index (χ0v) is 12.0. The van der Waals surface area contributed by atoms with E-state index in [0.717, 1.165) is 11.8 Å². The Labute approximate surface area is 116 Å². The van der Waals surface area contributed by atoms with Crippen LogP contribution in [0.5, 0.6) is 0 Å². The Morgan fingerprint density at radius 1 is 1.35 bits per heavy atom. The van der Waals surface area contributed by atoms with E-state index < -0.39 is 15.8 Å². The molecule has 1 heterocycles. The van der Waals surface area contributed by atoms with Gasteiger partial charge in [-0.05, 0) is 31.0 Å². The highest BCUT2D eigenvalue weighted by Gasteiger charge is 2.19. The molecule has 0 bridgehead atoms. The molecule has 0 aliphatic carbocycles. The van der Waals surface area contributed by atoms with Gasteiger partial charge in [-0.15, -0.1) is 0 Å². The summed E-state index contributed by atoms with van der Waals surface area (Å²) >= 11 is 0. The number of nitrogens with one attached hydrogen (secondary N) is 1. The number of aromatic nitrogens is 1. The maximum atomic E-state index is 13.6. The molecule has 7 heteroatoms. The predicted octanol–water partition coefficient (Wildman–Crippen LogP) is 2.16. The minimum absolute atomic E-state index is 0.0668. The third-order valence-corrected chi connectivity index (χ3v) is 4.20. The summed E-state index contributed by atoms with van der Waals surface area (Å²) in [5, 5.41) is 3.76. The van der Waals surface area contributed by atoms with Crippen molar-refractivity contribution in [2.24, 2.45) is 0 Å². The summed E-state index contributed by atoms with van der Waals surface area (Å²) in [6.07, 6.45) is 0.697. The molecule has 20 heavy (non-hydrogen) atoms. The number of rotatable bonds is 5. The van der Waals surface area contributed by atoms with Gasteiger partial charge >= 0.3 is 0 Å². The summed E-state index contributed by atoms with van der Waals surface area (Å²) < 4.78 is 44.9. The molecule has 0 unspecified atom stereocenters. The second-order valence-electron chi connectivity index (χ2n) is 4.40. The van der Waals surface area contributed by atoms with E-state index in [-0.39, 0.29) is 11.4 Å². The average Bonchev–Trinajstić information content (AvgIpc) is 2.87. The molecule has 0 saturated carbocycles.